The molecule has 1 aliphatic heterocycles. The van der Waals surface area contributed by atoms with E-state index in [0.717, 1.165) is 28.0 Å². The van der Waals surface area contributed by atoms with Crippen molar-refractivity contribution in [2.24, 2.45) is 0 Å². The molecule has 2 heterocycles. The summed E-state index contributed by atoms with van der Waals surface area (Å²) in [5, 5.41) is 11.7. The van der Waals surface area contributed by atoms with Crippen molar-refractivity contribution in [1.82, 2.24) is 4.98 Å². The third-order valence-corrected chi connectivity index (χ3v) is 9.17. The van der Waals surface area contributed by atoms with E-state index in [1.54, 1.807) is 55.5 Å². The molecule has 1 fully saturated rings. The second-order valence-corrected chi connectivity index (χ2v) is 12.1. The molecular weight excluding hydrogens is 628 g/mol. The third-order valence-electron chi connectivity index (χ3n) is 8.03. The standard InChI is InChI=1S/C38H32N2O7S/c1-23-9-7-8-12-28(23)22-47-30-19-15-27(16-20-30)33(41)31-32(26-13-17-29(18-14-26)46-21-25-10-5-4-6-11-25)40(36(43)34(31)42)38-39-24(2)35(48-38)37(44)45-3/h4-20,32,41H,21-22H2,1-3H3. The second kappa shape index (κ2) is 13.9. The number of carbonyl (C=O) groups is 3. The molecule has 0 saturated carbocycles. The number of ketones is 1. The molecule has 6 rings (SSSR count). The van der Waals surface area contributed by atoms with E-state index in [2.05, 4.69) is 4.98 Å². The van der Waals surface area contributed by atoms with Crippen molar-refractivity contribution in [1.29, 1.82) is 0 Å². The van der Waals surface area contributed by atoms with Gasteiger partial charge in [-0.25, -0.2) is 9.78 Å². The number of rotatable bonds is 10. The molecule has 0 radical (unpaired) electrons. The van der Waals surface area contributed by atoms with Gasteiger partial charge in [0, 0.05) is 5.56 Å². The molecule has 4 aromatic carbocycles. The maximum atomic E-state index is 13.7. The Balaban J connectivity index is 1.34. The summed E-state index contributed by atoms with van der Waals surface area (Å²) in [7, 11) is 1.26. The first-order chi connectivity index (χ1) is 23.2. The van der Waals surface area contributed by atoms with Crippen LogP contribution >= 0.6 is 11.3 Å². The number of amides is 1. The zero-order chi connectivity index (χ0) is 33.8. The number of aryl methyl sites for hydroxylation is 2. The summed E-state index contributed by atoms with van der Waals surface area (Å²) in [5.74, 6) is -1.56. The molecule has 1 aliphatic rings. The van der Waals surface area contributed by atoms with Crippen LogP contribution in [0.25, 0.3) is 5.76 Å². The van der Waals surface area contributed by atoms with E-state index >= 15 is 0 Å². The molecule has 48 heavy (non-hydrogen) atoms. The topological polar surface area (TPSA) is 115 Å². The van der Waals surface area contributed by atoms with Gasteiger partial charge < -0.3 is 19.3 Å². The minimum atomic E-state index is -1.04. The summed E-state index contributed by atoms with van der Waals surface area (Å²) >= 11 is 0.940. The van der Waals surface area contributed by atoms with Crippen molar-refractivity contribution in [2.75, 3.05) is 12.0 Å². The average molecular weight is 661 g/mol. The molecule has 242 valence electrons. The lowest BCUT2D eigenvalue weighted by Crippen LogP contribution is -2.29. The van der Waals surface area contributed by atoms with E-state index in [1.807, 2.05) is 61.5 Å². The van der Waals surface area contributed by atoms with Gasteiger partial charge in [0.15, 0.2) is 5.13 Å². The highest BCUT2D eigenvalue weighted by Crippen LogP contribution is 2.44. The number of hydrogen-bond acceptors (Lipinski definition) is 9. The Labute approximate surface area is 281 Å². The molecule has 1 amide bonds. The number of methoxy groups -OCH3 is 1. The van der Waals surface area contributed by atoms with Gasteiger partial charge in [-0.05, 0) is 72.5 Å². The second-order valence-electron chi connectivity index (χ2n) is 11.2. The third kappa shape index (κ3) is 6.56. The first-order valence-corrected chi connectivity index (χ1v) is 16.0. The number of Topliss-reactive ketones (excluding diaryl/α,β-unsaturated/α-hetero) is 1. The highest BCUT2D eigenvalue weighted by atomic mass is 32.1. The van der Waals surface area contributed by atoms with Crippen LogP contribution in [-0.4, -0.2) is 34.9 Å². The minimum Gasteiger partial charge on any atom is -0.507 e. The molecule has 1 aromatic heterocycles. The number of aliphatic hydroxyl groups is 1. The number of thiazole rings is 1. The quantitative estimate of drug-likeness (QED) is 0.0717. The van der Waals surface area contributed by atoms with E-state index in [0.29, 0.717) is 41.5 Å². The van der Waals surface area contributed by atoms with Gasteiger partial charge in [0.2, 0.25) is 0 Å². The predicted octanol–water partition coefficient (Wildman–Crippen LogP) is 7.33. The Morgan fingerprint density at radius 2 is 1.46 bits per heavy atom. The first-order valence-electron chi connectivity index (χ1n) is 15.2. The number of ether oxygens (including phenoxy) is 3. The van der Waals surface area contributed by atoms with Gasteiger partial charge in [0.05, 0.1) is 24.4 Å². The molecule has 1 N–H and O–H groups in total. The summed E-state index contributed by atoms with van der Waals surface area (Å²) in [6.45, 7) is 4.37. The molecule has 1 atom stereocenters. The molecule has 9 nitrogen and oxygen atoms in total. The summed E-state index contributed by atoms with van der Waals surface area (Å²) < 4.78 is 16.8. The highest BCUT2D eigenvalue weighted by Gasteiger charge is 2.48. The van der Waals surface area contributed by atoms with Crippen LogP contribution in [0, 0.1) is 13.8 Å². The highest BCUT2D eigenvalue weighted by molar-refractivity contribution is 7.17. The molecule has 0 bridgehead atoms. The van der Waals surface area contributed by atoms with Crippen molar-refractivity contribution in [3.8, 4) is 11.5 Å². The number of aliphatic hydroxyl groups excluding tert-OH is 1. The lowest BCUT2D eigenvalue weighted by Gasteiger charge is -2.23. The van der Waals surface area contributed by atoms with Crippen LogP contribution in [0.5, 0.6) is 11.5 Å². The summed E-state index contributed by atoms with van der Waals surface area (Å²) in [6.07, 6.45) is 0. The first kappa shape index (κ1) is 32.2. The summed E-state index contributed by atoms with van der Waals surface area (Å²) in [5.41, 5.74) is 4.27. The number of benzene rings is 4. The van der Waals surface area contributed by atoms with Crippen LogP contribution in [-0.2, 0) is 27.5 Å². The van der Waals surface area contributed by atoms with Crippen LogP contribution in [0.3, 0.4) is 0 Å². The van der Waals surface area contributed by atoms with Crippen LogP contribution in [0.15, 0.2) is 109 Å². The molecule has 10 heteroatoms. The van der Waals surface area contributed by atoms with Gasteiger partial charge in [-0.15, -0.1) is 0 Å². The fourth-order valence-electron chi connectivity index (χ4n) is 5.40. The number of anilines is 1. The molecule has 0 spiro atoms. The number of hydrogen-bond donors (Lipinski definition) is 1. The molecule has 5 aromatic rings. The van der Waals surface area contributed by atoms with Crippen LogP contribution in [0.1, 0.15) is 49.2 Å². The number of esters is 1. The van der Waals surface area contributed by atoms with E-state index in [-0.39, 0.29) is 21.3 Å². The number of nitrogens with zero attached hydrogens (tertiary/aromatic N) is 2. The Kier molecular flexibility index (Phi) is 9.36. The van der Waals surface area contributed by atoms with Gasteiger partial charge in [-0.3, -0.25) is 14.5 Å². The van der Waals surface area contributed by atoms with E-state index < -0.39 is 23.7 Å². The van der Waals surface area contributed by atoms with Gasteiger partial charge in [0.1, 0.15) is 35.3 Å². The predicted molar refractivity (Wildman–Crippen MR) is 182 cm³/mol. The van der Waals surface area contributed by atoms with Crippen molar-refractivity contribution in [3.05, 3.63) is 147 Å². The SMILES string of the molecule is COC(=O)c1sc(N2C(=O)C(=O)C(=C(O)c3ccc(OCc4ccccc4C)cc3)C2c2ccc(OCc3ccccc3)cc2)nc1C. The van der Waals surface area contributed by atoms with Crippen molar-refractivity contribution in [2.45, 2.75) is 33.1 Å². The van der Waals surface area contributed by atoms with Gasteiger partial charge in [-0.1, -0.05) is 78.1 Å². The van der Waals surface area contributed by atoms with Gasteiger partial charge in [-0.2, -0.15) is 0 Å². The fraction of sp³-hybridized carbons (Fsp3) is 0.158. The summed E-state index contributed by atoms with van der Waals surface area (Å²) in [4.78, 5) is 45.6. The molecule has 1 saturated heterocycles. The van der Waals surface area contributed by atoms with Crippen molar-refractivity contribution >= 4 is 39.9 Å². The Morgan fingerprint density at radius 1 is 0.833 bits per heavy atom. The normalized spacial score (nSPS) is 15.4. The maximum Gasteiger partial charge on any atom is 0.350 e. The molecular formula is C38H32N2O7S. The smallest absolute Gasteiger partial charge is 0.350 e. The van der Waals surface area contributed by atoms with E-state index in [1.165, 1.54) is 12.0 Å². The van der Waals surface area contributed by atoms with Gasteiger partial charge >= 0.3 is 11.9 Å². The van der Waals surface area contributed by atoms with Crippen LogP contribution in [0.4, 0.5) is 5.13 Å². The maximum absolute atomic E-state index is 13.7. The van der Waals surface area contributed by atoms with Crippen LogP contribution < -0.4 is 14.4 Å². The minimum absolute atomic E-state index is 0.112. The number of carbonyl (C=O) groups excluding carboxylic acids is 3. The zero-order valence-corrected chi connectivity index (χ0v) is 27.3. The number of aromatic nitrogens is 1. The monoisotopic (exact) mass is 660 g/mol. The van der Waals surface area contributed by atoms with Gasteiger partial charge in [0.25, 0.3) is 5.78 Å². The van der Waals surface area contributed by atoms with Crippen molar-refractivity contribution < 1.29 is 33.7 Å². The lowest BCUT2D eigenvalue weighted by molar-refractivity contribution is -0.132. The van der Waals surface area contributed by atoms with E-state index in [9.17, 15) is 19.5 Å². The fourth-order valence-corrected chi connectivity index (χ4v) is 6.41. The van der Waals surface area contributed by atoms with Crippen molar-refractivity contribution in [3.63, 3.8) is 0 Å². The molecule has 1 unspecified atom stereocenters. The lowest BCUT2D eigenvalue weighted by atomic mass is 9.95. The molecule has 0 aliphatic carbocycles. The Morgan fingerprint density at radius 3 is 2.12 bits per heavy atom. The summed E-state index contributed by atoms with van der Waals surface area (Å²) in [6, 6.07) is 30.2. The zero-order valence-electron chi connectivity index (χ0n) is 26.5. The van der Waals surface area contributed by atoms with E-state index in [4.69, 9.17) is 14.2 Å². The van der Waals surface area contributed by atoms with Crippen LogP contribution in [0.2, 0.25) is 0 Å². The average Bonchev–Trinajstić information content (AvgIpc) is 3.62. The Hall–Kier alpha value is -5.74. The largest absolute Gasteiger partial charge is 0.507 e. The Bertz CT molecular complexity index is 2000.